The van der Waals surface area contributed by atoms with E-state index in [9.17, 15) is 0 Å². The third kappa shape index (κ3) is 5.61. The minimum absolute atomic E-state index is 0.211. The van der Waals surface area contributed by atoms with Crippen LogP contribution in [0.25, 0.3) is 0 Å². The fraction of sp³-hybridized carbons (Fsp3) is 0.667. The van der Waals surface area contributed by atoms with Crippen LogP contribution >= 0.6 is 11.6 Å². The first-order valence-electron chi connectivity index (χ1n) is 8.06. The van der Waals surface area contributed by atoms with E-state index in [4.69, 9.17) is 11.6 Å². The van der Waals surface area contributed by atoms with E-state index in [2.05, 4.69) is 56.1 Å². The van der Waals surface area contributed by atoms with Crippen molar-refractivity contribution < 1.29 is 0 Å². The van der Waals surface area contributed by atoms with Gasteiger partial charge in [-0.1, -0.05) is 23.7 Å². The fourth-order valence-electron chi connectivity index (χ4n) is 2.93. The van der Waals surface area contributed by atoms with Crippen molar-refractivity contribution in [3.8, 4) is 0 Å². The van der Waals surface area contributed by atoms with E-state index < -0.39 is 0 Å². The lowest BCUT2D eigenvalue weighted by Gasteiger charge is -2.34. The molecular weight excluding hydrogens is 280 g/mol. The SMILES string of the molecule is Cc1ccc(CN2CCCC(CNC(C)(C)C)C2)c(Cl)c1. The van der Waals surface area contributed by atoms with E-state index in [1.165, 1.54) is 37.1 Å². The third-order valence-electron chi connectivity index (χ3n) is 4.13. The summed E-state index contributed by atoms with van der Waals surface area (Å²) < 4.78 is 0. The Hall–Kier alpha value is -0.570. The highest BCUT2D eigenvalue weighted by Crippen LogP contribution is 2.23. The summed E-state index contributed by atoms with van der Waals surface area (Å²) in [5.74, 6) is 0.752. The van der Waals surface area contributed by atoms with Crippen molar-refractivity contribution in [3.05, 3.63) is 34.3 Å². The number of nitrogens with one attached hydrogen (secondary N) is 1. The number of hydrogen-bond acceptors (Lipinski definition) is 2. The minimum atomic E-state index is 0.211. The van der Waals surface area contributed by atoms with Crippen LogP contribution in [0.1, 0.15) is 44.7 Å². The standard InChI is InChI=1S/C18H29ClN2/c1-14-7-8-16(17(19)10-14)13-21-9-5-6-15(12-21)11-20-18(2,3)4/h7-8,10,15,20H,5-6,9,11-13H2,1-4H3. The van der Waals surface area contributed by atoms with Crippen LogP contribution in [-0.4, -0.2) is 30.1 Å². The van der Waals surface area contributed by atoms with Crippen LogP contribution in [-0.2, 0) is 6.54 Å². The number of likely N-dealkylation sites (tertiary alicyclic amines) is 1. The van der Waals surface area contributed by atoms with Crippen LogP contribution in [0.2, 0.25) is 5.02 Å². The topological polar surface area (TPSA) is 15.3 Å². The van der Waals surface area contributed by atoms with Crippen molar-refractivity contribution >= 4 is 11.6 Å². The van der Waals surface area contributed by atoms with Crippen LogP contribution in [0, 0.1) is 12.8 Å². The van der Waals surface area contributed by atoms with Gasteiger partial charge in [-0.3, -0.25) is 4.90 Å². The molecule has 1 aliphatic rings. The van der Waals surface area contributed by atoms with E-state index in [-0.39, 0.29) is 5.54 Å². The molecule has 2 nitrogen and oxygen atoms in total. The molecule has 0 aromatic heterocycles. The molecule has 0 saturated carbocycles. The Morgan fingerprint density at radius 2 is 2.10 bits per heavy atom. The predicted molar refractivity (Wildman–Crippen MR) is 91.9 cm³/mol. The average molecular weight is 309 g/mol. The second kappa shape index (κ2) is 7.13. The highest BCUT2D eigenvalue weighted by molar-refractivity contribution is 6.31. The zero-order valence-corrected chi connectivity index (χ0v) is 14.6. The molecule has 2 rings (SSSR count). The predicted octanol–water partition coefficient (Wildman–Crippen LogP) is 4.25. The Kier molecular flexibility index (Phi) is 5.70. The summed E-state index contributed by atoms with van der Waals surface area (Å²) in [6.45, 7) is 13.3. The number of benzene rings is 1. The van der Waals surface area contributed by atoms with Crippen LogP contribution in [0.15, 0.2) is 18.2 Å². The highest BCUT2D eigenvalue weighted by atomic mass is 35.5. The Balaban J connectivity index is 1.89. The number of nitrogens with zero attached hydrogens (tertiary/aromatic N) is 1. The van der Waals surface area contributed by atoms with Crippen LogP contribution in [0.4, 0.5) is 0 Å². The van der Waals surface area contributed by atoms with Crippen molar-refractivity contribution in [2.24, 2.45) is 5.92 Å². The van der Waals surface area contributed by atoms with Crippen LogP contribution in [0.3, 0.4) is 0 Å². The second-order valence-electron chi connectivity index (χ2n) is 7.47. The van der Waals surface area contributed by atoms with Gasteiger partial charge >= 0.3 is 0 Å². The first kappa shape index (κ1) is 16.8. The lowest BCUT2D eigenvalue weighted by atomic mass is 9.96. The first-order chi connectivity index (χ1) is 9.83. The van der Waals surface area contributed by atoms with Gasteiger partial charge in [0, 0.05) is 23.7 Å². The van der Waals surface area contributed by atoms with Gasteiger partial charge in [0.1, 0.15) is 0 Å². The Morgan fingerprint density at radius 3 is 2.76 bits per heavy atom. The molecule has 1 unspecified atom stereocenters. The average Bonchev–Trinajstić information content (AvgIpc) is 2.39. The molecule has 0 amide bonds. The quantitative estimate of drug-likeness (QED) is 0.894. The Morgan fingerprint density at radius 1 is 1.33 bits per heavy atom. The summed E-state index contributed by atoms with van der Waals surface area (Å²) >= 11 is 6.37. The molecule has 1 aromatic carbocycles. The van der Waals surface area contributed by atoms with Crippen LogP contribution in [0.5, 0.6) is 0 Å². The lowest BCUT2D eigenvalue weighted by Crippen LogP contribution is -2.44. The van der Waals surface area contributed by atoms with Gasteiger partial charge < -0.3 is 5.32 Å². The molecule has 1 heterocycles. The zero-order valence-electron chi connectivity index (χ0n) is 13.9. The fourth-order valence-corrected chi connectivity index (χ4v) is 3.23. The van der Waals surface area contributed by atoms with Crippen molar-refractivity contribution in [1.29, 1.82) is 0 Å². The van der Waals surface area contributed by atoms with E-state index in [1.54, 1.807) is 0 Å². The number of aryl methyl sites for hydroxylation is 1. The van der Waals surface area contributed by atoms with Crippen molar-refractivity contribution in [2.75, 3.05) is 19.6 Å². The van der Waals surface area contributed by atoms with Crippen molar-refractivity contribution in [1.82, 2.24) is 10.2 Å². The molecule has 1 fully saturated rings. The summed E-state index contributed by atoms with van der Waals surface area (Å²) in [6, 6.07) is 6.40. The first-order valence-corrected chi connectivity index (χ1v) is 8.44. The second-order valence-corrected chi connectivity index (χ2v) is 7.88. The van der Waals surface area contributed by atoms with E-state index in [0.717, 1.165) is 24.0 Å². The van der Waals surface area contributed by atoms with Gasteiger partial charge in [0.05, 0.1) is 0 Å². The van der Waals surface area contributed by atoms with Gasteiger partial charge in [-0.05, 0) is 76.7 Å². The molecule has 1 N–H and O–H groups in total. The smallest absolute Gasteiger partial charge is 0.0453 e. The lowest BCUT2D eigenvalue weighted by molar-refractivity contribution is 0.160. The molecule has 0 radical (unpaired) electrons. The van der Waals surface area contributed by atoms with Crippen LogP contribution < -0.4 is 5.32 Å². The third-order valence-corrected chi connectivity index (χ3v) is 4.48. The molecule has 1 aromatic rings. The van der Waals surface area contributed by atoms with Gasteiger partial charge in [-0.25, -0.2) is 0 Å². The van der Waals surface area contributed by atoms with Gasteiger partial charge in [0.2, 0.25) is 0 Å². The van der Waals surface area contributed by atoms with Crippen molar-refractivity contribution in [2.45, 2.75) is 52.6 Å². The van der Waals surface area contributed by atoms with Gasteiger partial charge in [0.25, 0.3) is 0 Å². The molecule has 1 aliphatic heterocycles. The maximum absolute atomic E-state index is 6.37. The summed E-state index contributed by atoms with van der Waals surface area (Å²) in [4.78, 5) is 2.55. The monoisotopic (exact) mass is 308 g/mol. The summed E-state index contributed by atoms with van der Waals surface area (Å²) in [5, 5.41) is 4.55. The maximum Gasteiger partial charge on any atom is 0.0453 e. The number of halogens is 1. The Bertz CT molecular complexity index is 465. The zero-order chi connectivity index (χ0) is 15.5. The largest absolute Gasteiger partial charge is 0.312 e. The number of piperidine rings is 1. The van der Waals surface area contributed by atoms with E-state index >= 15 is 0 Å². The van der Waals surface area contributed by atoms with E-state index in [0.29, 0.717) is 0 Å². The number of hydrogen-bond donors (Lipinski definition) is 1. The molecular formula is C18H29ClN2. The maximum atomic E-state index is 6.37. The van der Waals surface area contributed by atoms with Crippen molar-refractivity contribution in [3.63, 3.8) is 0 Å². The highest BCUT2D eigenvalue weighted by Gasteiger charge is 2.22. The van der Waals surface area contributed by atoms with E-state index in [1.807, 2.05) is 0 Å². The summed E-state index contributed by atoms with van der Waals surface area (Å²) in [5.41, 5.74) is 2.70. The normalized spacial score (nSPS) is 20.7. The molecule has 1 atom stereocenters. The van der Waals surface area contributed by atoms with Gasteiger partial charge in [-0.15, -0.1) is 0 Å². The molecule has 118 valence electrons. The number of rotatable bonds is 4. The molecule has 0 aliphatic carbocycles. The molecule has 3 heteroatoms. The molecule has 0 bridgehead atoms. The molecule has 0 spiro atoms. The van der Waals surface area contributed by atoms with Gasteiger partial charge in [0.15, 0.2) is 0 Å². The molecule has 21 heavy (non-hydrogen) atoms. The Labute approximate surface area is 134 Å². The van der Waals surface area contributed by atoms with Gasteiger partial charge in [-0.2, -0.15) is 0 Å². The molecule has 1 saturated heterocycles. The summed E-state index contributed by atoms with van der Waals surface area (Å²) in [7, 11) is 0. The minimum Gasteiger partial charge on any atom is -0.312 e. The summed E-state index contributed by atoms with van der Waals surface area (Å²) in [6.07, 6.45) is 2.63.